The number of nitrogen functional groups attached to an aromatic ring is 2. The first-order valence-corrected chi connectivity index (χ1v) is 26.9. The van der Waals surface area contributed by atoms with E-state index in [2.05, 4.69) is 30.7 Å². The number of hydrogen-bond acceptors (Lipinski definition) is 21. The maximum Gasteiger partial charge on any atom is 0.296 e. The van der Waals surface area contributed by atoms with Crippen molar-refractivity contribution < 1.29 is 80.2 Å². The summed E-state index contributed by atoms with van der Waals surface area (Å²) in [5.74, 6) is -2.61. The summed E-state index contributed by atoms with van der Waals surface area (Å²) in [4.78, 5) is -4.38. The van der Waals surface area contributed by atoms with Crippen molar-refractivity contribution in [1.29, 1.82) is 0 Å². The predicted octanol–water partition coefficient (Wildman–Crippen LogP) is 6.67. The number of nitrogens with zero attached hydrogens (tertiary/aromatic N) is 6. The van der Waals surface area contributed by atoms with Crippen LogP contribution in [0.4, 0.5) is 45.5 Å². The molecule has 381 valence electrons. The Morgan fingerprint density at radius 1 is 0.333 bits per heavy atom. The van der Waals surface area contributed by atoms with Crippen molar-refractivity contribution in [3.63, 3.8) is 0 Å². The van der Waals surface area contributed by atoms with Gasteiger partial charge in [0.15, 0.2) is 17.2 Å². The van der Waals surface area contributed by atoms with Crippen molar-refractivity contribution in [3.8, 4) is 28.4 Å². The van der Waals surface area contributed by atoms with Crippen molar-refractivity contribution in [2.75, 3.05) is 11.5 Å². The second-order valence-electron chi connectivity index (χ2n) is 15.4. The molecule has 0 aliphatic carbocycles. The SMILES string of the molecule is Nc1cc(S(=O)(=O)O)cc2cc(S(=O)(=O)O)c(N=Nc3ccc(-c4ccc(N=Nc5c(S(=O)(=O)O)cc6cc(N=Nc7c(S(=O)(=O)O)cc8cc(S(=O)(=O)O)cc(N)c8c7O)ccc6c5O)cc4)cc3)c(O)c12.[Na].[Na].[Na].[Na].[Na]. The van der Waals surface area contributed by atoms with Gasteiger partial charge in [0.2, 0.25) is 0 Å². The molecule has 0 saturated heterocycles. The fourth-order valence-electron chi connectivity index (χ4n) is 7.33. The molecule has 78 heavy (non-hydrogen) atoms. The second kappa shape index (κ2) is 26.0. The zero-order chi connectivity index (χ0) is 53.3. The molecule has 0 bridgehead atoms. The molecule has 0 amide bonds. The molecule has 0 spiro atoms. The number of nitrogens with two attached hydrogens (primary N) is 2. The van der Waals surface area contributed by atoms with Crippen LogP contribution in [0.25, 0.3) is 43.4 Å². The molecule has 0 aliphatic rings. The maximum absolute atomic E-state index is 12.6. The standard InChI is InChI=1S/C42H30N8O18S5.5Na/c43-30-17-27(69(54,55)56)12-22-15-33(72(63,64)65)38(41(52)35(22)30)49-46-25-7-3-20(4-8-25)19-1-5-24(6-2-19)45-48-37-32(71(60,61)62)14-21-11-26(9-10-29(21)40(37)51)47-50-39-34(73(66,67)68)16-23-13-28(70(57,58)59)18-31(44)36(23)42(39)53;;;;;/h1-18,51-53H,43-44H2,(H,54,55,56)(H,57,58,59)(H,60,61,62)(H,63,64,65)(H,66,67,68);;;;;. The van der Waals surface area contributed by atoms with E-state index in [0.29, 0.717) is 11.1 Å². The van der Waals surface area contributed by atoms with Crippen molar-refractivity contribution >= 4 is 276 Å². The third-order valence-corrected chi connectivity index (χ3v) is 14.9. The van der Waals surface area contributed by atoms with Crippen LogP contribution in [0.2, 0.25) is 0 Å². The molecule has 0 aliphatic heterocycles. The number of phenols is 3. The Balaban J connectivity index is 0.00000320. The molecule has 8 rings (SSSR count). The molecule has 8 aromatic rings. The number of aromatic hydroxyl groups is 3. The summed E-state index contributed by atoms with van der Waals surface area (Å²) < 4.78 is 170. The smallest absolute Gasteiger partial charge is 0.296 e. The van der Waals surface area contributed by atoms with Crippen LogP contribution in [0.15, 0.2) is 164 Å². The predicted molar refractivity (Wildman–Crippen MR) is 288 cm³/mol. The van der Waals surface area contributed by atoms with Gasteiger partial charge < -0.3 is 26.8 Å². The van der Waals surface area contributed by atoms with Gasteiger partial charge in [-0.05, 0) is 112 Å². The maximum atomic E-state index is 12.6. The van der Waals surface area contributed by atoms with E-state index >= 15 is 0 Å². The number of benzene rings is 8. The van der Waals surface area contributed by atoms with Crippen molar-refractivity contribution in [1.82, 2.24) is 0 Å². The van der Waals surface area contributed by atoms with E-state index in [1.807, 2.05) is 0 Å². The molecule has 26 nitrogen and oxygen atoms in total. The van der Waals surface area contributed by atoms with Gasteiger partial charge in [-0.25, -0.2) is 0 Å². The third-order valence-electron chi connectivity index (χ3n) is 10.6. The normalized spacial score (nSPS) is 12.3. The molecule has 0 aromatic heterocycles. The van der Waals surface area contributed by atoms with Gasteiger partial charge in [-0.15, -0.1) is 15.3 Å². The van der Waals surface area contributed by atoms with E-state index in [9.17, 15) is 80.2 Å². The summed E-state index contributed by atoms with van der Waals surface area (Å²) >= 11 is 0. The first-order valence-electron chi connectivity index (χ1n) is 19.7. The first kappa shape index (κ1) is 69.2. The summed E-state index contributed by atoms with van der Waals surface area (Å²) in [7, 11) is -25.1. The van der Waals surface area contributed by atoms with Crippen LogP contribution in [-0.4, -0.2) is 228 Å². The van der Waals surface area contributed by atoms with Crippen molar-refractivity contribution in [3.05, 3.63) is 109 Å². The summed E-state index contributed by atoms with van der Waals surface area (Å²) in [5, 5.41) is 55.2. The van der Waals surface area contributed by atoms with Gasteiger partial charge in [0, 0.05) is 175 Å². The van der Waals surface area contributed by atoms with Gasteiger partial charge in [-0.1, -0.05) is 24.3 Å². The van der Waals surface area contributed by atoms with Gasteiger partial charge in [-0.3, -0.25) is 22.8 Å². The summed E-state index contributed by atoms with van der Waals surface area (Å²) in [5.41, 5.74) is 9.99. The van der Waals surface area contributed by atoms with E-state index in [-0.39, 0.29) is 203 Å². The summed E-state index contributed by atoms with van der Waals surface area (Å²) in [6, 6.07) is 21.3. The average Bonchev–Trinajstić information content (AvgIpc) is 3.28. The van der Waals surface area contributed by atoms with Crippen LogP contribution in [0.3, 0.4) is 0 Å². The van der Waals surface area contributed by atoms with Gasteiger partial charge in [-0.2, -0.15) is 57.4 Å². The number of azo groups is 3. The molecule has 0 atom stereocenters. The molecular formula is C42H30N8Na5O18S5. The quantitative estimate of drug-likeness (QED) is 0.0264. The Hall–Kier alpha value is -3.11. The fourth-order valence-corrected chi connectivity index (χ4v) is 10.4. The minimum Gasteiger partial charge on any atom is -0.505 e. The van der Waals surface area contributed by atoms with Gasteiger partial charge >= 0.3 is 0 Å². The van der Waals surface area contributed by atoms with Crippen LogP contribution in [-0.2, 0) is 50.6 Å². The van der Waals surface area contributed by atoms with Crippen LogP contribution in [0, 0.1) is 0 Å². The minimum atomic E-state index is -5.21. The number of phenolic OH excluding ortho intramolecular Hbond substituents is 3. The molecule has 36 heteroatoms. The third kappa shape index (κ3) is 14.9. The number of anilines is 2. The van der Waals surface area contributed by atoms with E-state index < -0.39 is 115 Å². The van der Waals surface area contributed by atoms with E-state index in [1.165, 1.54) is 36.4 Å². The van der Waals surface area contributed by atoms with E-state index in [0.717, 1.165) is 48.5 Å². The van der Waals surface area contributed by atoms with Gasteiger partial charge in [0.05, 0.1) is 26.9 Å². The molecule has 0 saturated carbocycles. The van der Waals surface area contributed by atoms with Crippen molar-refractivity contribution in [2.45, 2.75) is 24.5 Å². The largest absolute Gasteiger partial charge is 0.505 e. The molecule has 0 heterocycles. The molecule has 12 N–H and O–H groups in total. The Morgan fingerprint density at radius 2 is 0.641 bits per heavy atom. The topological polar surface area (TPSA) is 459 Å². The van der Waals surface area contributed by atoms with Crippen molar-refractivity contribution in [2.24, 2.45) is 30.7 Å². The molecule has 0 unspecified atom stereocenters. The monoisotopic (exact) mass is 1210 g/mol. The first-order chi connectivity index (χ1) is 33.9. The minimum absolute atomic E-state index is 0. The zero-order valence-electron chi connectivity index (χ0n) is 40.9. The molecular weight excluding hydrogens is 1180 g/mol. The zero-order valence-corrected chi connectivity index (χ0v) is 55.0. The molecule has 8 aromatic carbocycles. The summed E-state index contributed by atoms with van der Waals surface area (Å²) in [6.45, 7) is 0. The molecule has 0 fully saturated rings. The Labute approximate surface area is 552 Å². The fraction of sp³-hybridized carbons (Fsp3) is 0. The number of hydrogen-bond donors (Lipinski definition) is 10. The van der Waals surface area contributed by atoms with Gasteiger partial charge in [0.1, 0.15) is 31.7 Å². The second-order valence-corrected chi connectivity index (χ2v) is 22.4. The van der Waals surface area contributed by atoms with Crippen LogP contribution in [0.1, 0.15) is 0 Å². The van der Waals surface area contributed by atoms with Crippen LogP contribution >= 0.6 is 0 Å². The number of rotatable bonds is 12. The van der Waals surface area contributed by atoms with Gasteiger partial charge in [0.25, 0.3) is 50.6 Å². The molecule has 5 radical (unpaired) electrons. The average molecular weight is 1210 g/mol. The Morgan fingerprint density at radius 3 is 0.974 bits per heavy atom. The van der Waals surface area contributed by atoms with Crippen LogP contribution < -0.4 is 11.5 Å². The van der Waals surface area contributed by atoms with E-state index in [4.69, 9.17) is 11.5 Å². The Bertz CT molecular complexity index is 4410. The summed E-state index contributed by atoms with van der Waals surface area (Å²) in [6.07, 6.45) is 0. The number of fused-ring (bicyclic) bond motifs is 3. The Kier molecular flexibility index (Phi) is 23.0. The van der Waals surface area contributed by atoms with E-state index in [1.54, 1.807) is 24.3 Å². The van der Waals surface area contributed by atoms with Crippen LogP contribution in [0.5, 0.6) is 17.2 Å².